The van der Waals surface area contributed by atoms with Crippen LogP contribution in [-0.2, 0) is 4.74 Å². The highest BCUT2D eigenvalue weighted by molar-refractivity contribution is 5.92. The van der Waals surface area contributed by atoms with E-state index in [0.717, 1.165) is 7.11 Å². The van der Waals surface area contributed by atoms with Crippen molar-refractivity contribution in [1.29, 1.82) is 0 Å². The van der Waals surface area contributed by atoms with Gasteiger partial charge in [0, 0.05) is 6.04 Å². The lowest BCUT2D eigenvalue weighted by atomic mass is 10.2. The number of ether oxygens (including phenoxy) is 1. The zero-order chi connectivity index (χ0) is 14.1. The van der Waals surface area contributed by atoms with Crippen molar-refractivity contribution in [3.8, 4) is 0 Å². The van der Waals surface area contributed by atoms with Crippen LogP contribution >= 0.6 is 0 Å². The standard InChI is InChI=1S/C10H14F3N3O2/c1-5(4-10(11,12)13)16-6(2)15-7(8(16)14)9(17)18-3/h5H,4,14H2,1-3H3. The molecule has 0 aliphatic carbocycles. The van der Waals surface area contributed by atoms with Gasteiger partial charge in [0.25, 0.3) is 0 Å². The molecule has 0 aromatic carbocycles. The number of hydrogen-bond donors (Lipinski definition) is 1. The van der Waals surface area contributed by atoms with Gasteiger partial charge in [0.15, 0.2) is 5.69 Å². The number of hydrogen-bond acceptors (Lipinski definition) is 4. The molecule has 0 spiro atoms. The number of methoxy groups -OCH3 is 1. The second kappa shape index (κ2) is 4.87. The number of carbonyl (C=O) groups is 1. The monoisotopic (exact) mass is 265 g/mol. The first-order valence-corrected chi connectivity index (χ1v) is 5.16. The zero-order valence-corrected chi connectivity index (χ0v) is 10.2. The molecule has 18 heavy (non-hydrogen) atoms. The minimum atomic E-state index is -4.31. The maximum Gasteiger partial charge on any atom is 0.391 e. The van der Waals surface area contributed by atoms with E-state index in [4.69, 9.17) is 5.73 Å². The SMILES string of the molecule is COC(=O)c1nc(C)n(C(C)CC(F)(F)F)c1N. The maximum absolute atomic E-state index is 12.3. The Morgan fingerprint density at radius 1 is 1.56 bits per heavy atom. The van der Waals surface area contributed by atoms with Gasteiger partial charge in [-0.1, -0.05) is 0 Å². The van der Waals surface area contributed by atoms with E-state index in [1.807, 2.05) is 0 Å². The second-order valence-corrected chi connectivity index (χ2v) is 3.92. The number of anilines is 1. The molecule has 2 N–H and O–H groups in total. The van der Waals surface area contributed by atoms with Crippen molar-refractivity contribution in [2.24, 2.45) is 0 Å². The first kappa shape index (κ1) is 14.3. The number of aromatic nitrogens is 2. The topological polar surface area (TPSA) is 70.1 Å². The van der Waals surface area contributed by atoms with Gasteiger partial charge in [-0.15, -0.1) is 0 Å². The summed E-state index contributed by atoms with van der Waals surface area (Å²) < 4.78 is 42.6. The van der Waals surface area contributed by atoms with Gasteiger partial charge in [-0.25, -0.2) is 9.78 Å². The average molecular weight is 265 g/mol. The summed E-state index contributed by atoms with van der Waals surface area (Å²) in [4.78, 5) is 15.1. The van der Waals surface area contributed by atoms with E-state index < -0.39 is 24.6 Å². The summed E-state index contributed by atoms with van der Waals surface area (Å²) in [6, 6.07) is -0.934. The average Bonchev–Trinajstić information content (AvgIpc) is 2.50. The van der Waals surface area contributed by atoms with Gasteiger partial charge in [-0.05, 0) is 13.8 Å². The molecular weight excluding hydrogens is 251 g/mol. The van der Waals surface area contributed by atoms with Crippen LogP contribution in [0, 0.1) is 6.92 Å². The van der Waals surface area contributed by atoms with Crippen molar-refractivity contribution in [1.82, 2.24) is 9.55 Å². The lowest BCUT2D eigenvalue weighted by molar-refractivity contribution is -0.141. The molecule has 1 aromatic heterocycles. The quantitative estimate of drug-likeness (QED) is 0.849. The third kappa shape index (κ3) is 2.93. The number of carbonyl (C=O) groups excluding carboxylic acids is 1. The summed E-state index contributed by atoms with van der Waals surface area (Å²) in [5.74, 6) is -0.644. The van der Waals surface area contributed by atoms with Crippen molar-refractivity contribution >= 4 is 11.8 Å². The molecule has 0 radical (unpaired) electrons. The lowest BCUT2D eigenvalue weighted by Crippen LogP contribution is -2.19. The fourth-order valence-electron chi connectivity index (χ4n) is 1.79. The van der Waals surface area contributed by atoms with Gasteiger partial charge in [0.2, 0.25) is 0 Å². The Bertz CT molecular complexity index is 454. The Hall–Kier alpha value is -1.73. The highest BCUT2D eigenvalue weighted by Crippen LogP contribution is 2.30. The van der Waals surface area contributed by atoms with E-state index in [9.17, 15) is 18.0 Å². The molecule has 5 nitrogen and oxygen atoms in total. The second-order valence-electron chi connectivity index (χ2n) is 3.92. The van der Waals surface area contributed by atoms with Crippen LogP contribution in [0.15, 0.2) is 0 Å². The maximum atomic E-state index is 12.3. The highest BCUT2D eigenvalue weighted by Gasteiger charge is 2.33. The molecule has 0 fully saturated rings. The van der Waals surface area contributed by atoms with Gasteiger partial charge < -0.3 is 15.0 Å². The molecule has 8 heteroatoms. The molecular formula is C10H14F3N3O2. The molecule has 1 atom stereocenters. The van der Waals surface area contributed by atoms with Gasteiger partial charge in [-0.3, -0.25) is 0 Å². The van der Waals surface area contributed by atoms with Crippen LogP contribution in [0.25, 0.3) is 0 Å². The molecule has 0 saturated heterocycles. The van der Waals surface area contributed by atoms with Crippen LogP contribution < -0.4 is 5.73 Å². The van der Waals surface area contributed by atoms with Gasteiger partial charge >= 0.3 is 12.1 Å². The number of imidazole rings is 1. The molecule has 0 aliphatic rings. The molecule has 1 heterocycles. The molecule has 0 bridgehead atoms. The van der Waals surface area contributed by atoms with E-state index in [2.05, 4.69) is 9.72 Å². The van der Waals surface area contributed by atoms with E-state index in [1.165, 1.54) is 18.4 Å². The van der Waals surface area contributed by atoms with Gasteiger partial charge in [0.1, 0.15) is 11.6 Å². The lowest BCUT2D eigenvalue weighted by Gasteiger charge is -2.18. The number of nitrogens with zero attached hydrogens (tertiary/aromatic N) is 2. The largest absolute Gasteiger partial charge is 0.464 e. The number of alkyl halides is 3. The number of halogens is 3. The van der Waals surface area contributed by atoms with Crippen LogP contribution in [0.4, 0.5) is 19.0 Å². The fraction of sp³-hybridized carbons (Fsp3) is 0.600. The summed E-state index contributed by atoms with van der Waals surface area (Å²) >= 11 is 0. The van der Waals surface area contributed by atoms with E-state index in [-0.39, 0.29) is 17.3 Å². The summed E-state index contributed by atoms with van der Waals surface area (Å²) in [5.41, 5.74) is 5.47. The summed E-state index contributed by atoms with van der Waals surface area (Å²) in [7, 11) is 1.15. The molecule has 1 aromatic rings. The fourth-order valence-corrected chi connectivity index (χ4v) is 1.79. The molecule has 102 valence electrons. The zero-order valence-electron chi connectivity index (χ0n) is 10.2. The first-order valence-electron chi connectivity index (χ1n) is 5.16. The van der Waals surface area contributed by atoms with E-state index in [1.54, 1.807) is 0 Å². The molecule has 1 unspecified atom stereocenters. The minimum absolute atomic E-state index is 0.115. The number of aryl methyl sites for hydroxylation is 1. The van der Waals surface area contributed by atoms with Crippen molar-refractivity contribution in [2.75, 3.05) is 12.8 Å². The Morgan fingerprint density at radius 2 is 2.11 bits per heavy atom. The smallest absolute Gasteiger partial charge is 0.391 e. The first-order chi connectivity index (χ1) is 8.17. The molecule has 0 aliphatic heterocycles. The number of rotatable bonds is 3. The van der Waals surface area contributed by atoms with Crippen molar-refractivity contribution < 1.29 is 22.7 Å². The Labute approximate surface area is 102 Å². The van der Waals surface area contributed by atoms with Crippen LogP contribution in [0.5, 0.6) is 0 Å². The van der Waals surface area contributed by atoms with E-state index >= 15 is 0 Å². The van der Waals surface area contributed by atoms with Crippen LogP contribution in [-0.4, -0.2) is 28.8 Å². The third-order valence-electron chi connectivity index (χ3n) is 2.47. The highest BCUT2D eigenvalue weighted by atomic mass is 19.4. The van der Waals surface area contributed by atoms with Crippen molar-refractivity contribution in [2.45, 2.75) is 32.5 Å². The Balaban J connectivity index is 3.10. The minimum Gasteiger partial charge on any atom is -0.464 e. The third-order valence-corrected chi connectivity index (χ3v) is 2.47. The molecule has 0 amide bonds. The molecule has 0 saturated carbocycles. The summed E-state index contributed by atoms with van der Waals surface area (Å²) in [6.45, 7) is 2.84. The van der Waals surface area contributed by atoms with Gasteiger partial charge in [0.05, 0.1) is 13.5 Å². The predicted molar refractivity (Wildman–Crippen MR) is 58.1 cm³/mol. The van der Waals surface area contributed by atoms with Gasteiger partial charge in [-0.2, -0.15) is 13.2 Å². The van der Waals surface area contributed by atoms with Crippen molar-refractivity contribution in [3.05, 3.63) is 11.5 Å². The van der Waals surface area contributed by atoms with Crippen molar-refractivity contribution in [3.63, 3.8) is 0 Å². The summed E-state index contributed by atoms with van der Waals surface area (Å²) in [5, 5.41) is 0. The normalized spacial score (nSPS) is 13.4. The number of nitrogen functional groups attached to an aromatic ring is 1. The Morgan fingerprint density at radius 3 is 2.56 bits per heavy atom. The van der Waals surface area contributed by atoms with Crippen LogP contribution in [0.1, 0.15) is 35.7 Å². The Kier molecular flexibility index (Phi) is 3.88. The van der Waals surface area contributed by atoms with E-state index in [0.29, 0.717) is 0 Å². The number of nitrogens with two attached hydrogens (primary N) is 1. The molecule has 1 rings (SSSR count). The predicted octanol–water partition coefficient (Wildman–Crippen LogP) is 2.07. The van der Waals surface area contributed by atoms with Crippen LogP contribution in [0.3, 0.4) is 0 Å². The number of esters is 1. The summed E-state index contributed by atoms with van der Waals surface area (Å²) in [6.07, 6.45) is -5.36. The van der Waals surface area contributed by atoms with Crippen LogP contribution in [0.2, 0.25) is 0 Å².